The van der Waals surface area contributed by atoms with E-state index in [0.29, 0.717) is 38.8 Å². The highest BCUT2D eigenvalue weighted by molar-refractivity contribution is 7.92. The Kier molecular flexibility index (Phi) is 8.27. The van der Waals surface area contributed by atoms with Crippen LogP contribution >= 0.6 is 0 Å². The third-order valence-corrected chi connectivity index (χ3v) is 7.52. The average Bonchev–Trinajstić information content (AvgIpc) is 2.72. The highest BCUT2D eigenvalue weighted by atomic mass is 32.2. The fourth-order valence-electron chi connectivity index (χ4n) is 4.13. The van der Waals surface area contributed by atoms with Crippen LogP contribution in [0.1, 0.15) is 50.5 Å². The minimum absolute atomic E-state index is 0.129. The first-order chi connectivity index (χ1) is 14.0. The predicted molar refractivity (Wildman–Crippen MR) is 115 cm³/mol. The number of rotatable bonds is 6. The zero-order valence-corrected chi connectivity index (χ0v) is 18.0. The van der Waals surface area contributed by atoms with Gasteiger partial charge < -0.3 is 10.2 Å². The molecule has 160 valence electrons. The Bertz CT molecular complexity index is 764. The molecule has 7 heteroatoms. The van der Waals surface area contributed by atoms with Crippen LogP contribution in [0.4, 0.5) is 0 Å². The van der Waals surface area contributed by atoms with E-state index in [2.05, 4.69) is 5.32 Å². The van der Waals surface area contributed by atoms with Crippen LogP contribution in [0.25, 0.3) is 6.08 Å². The molecule has 29 heavy (non-hydrogen) atoms. The molecule has 0 atom stereocenters. The molecule has 3 rings (SSSR count). The number of amides is 1. The quantitative estimate of drug-likeness (QED) is 0.763. The van der Waals surface area contributed by atoms with Crippen LogP contribution in [-0.2, 0) is 14.8 Å². The first-order valence-corrected chi connectivity index (χ1v) is 12.4. The van der Waals surface area contributed by atoms with Crippen LogP contribution in [0.5, 0.6) is 0 Å². The largest absolute Gasteiger partial charge is 0.336 e. The van der Waals surface area contributed by atoms with Crippen LogP contribution in [0.2, 0.25) is 0 Å². The van der Waals surface area contributed by atoms with E-state index in [1.165, 1.54) is 54.7 Å². The topological polar surface area (TPSA) is 74.3 Å². The lowest BCUT2D eigenvalue weighted by atomic mass is 9.97. The summed E-state index contributed by atoms with van der Waals surface area (Å²) >= 11 is 0. The van der Waals surface area contributed by atoms with Crippen molar-refractivity contribution in [3.8, 4) is 0 Å². The molecule has 1 saturated heterocycles. The molecule has 1 aliphatic heterocycles. The molecule has 1 saturated carbocycles. The lowest BCUT2D eigenvalue weighted by molar-refractivity contribution is -0.681. The minimum atomic E-state index is -3.46. The molecule has 1 heterocycles. The van der Waals surface area contributed by atoms with Gasteiger partial charge in [0.05, 0.1) is 6.04 Å². The van der Waals surface area contributed by atoms with E-state index in [9.17, 15) is 13.2 Å². The molecule has 2 N–H and O–H groups in total. The van der Waals surface area contributed by atoms with Gasteiger partial charge in [0.1, 0.15) is 0 Å². The molecule has 0 bridgehead atoms. The predicted octanol–water partition coefficient (Wildman–Crippen LogP) is 1.81. The summed E-state index contributed by atoms with van der Waals surface area (Å²) in [6, 6.07) is 9.96. The van der Waals surface area contributed by atoms with Gasteiger partial charge in [-0.25, -0.2) is 8.42 Å². The molecule has 1 amide bonds. The van der Waals surface area contributed by atoms with Gasteiger partial charge in [-0.05, 0) is 37.3 Å². The maximum absolute atomic E-state index is 12.6. The third kappa shape index (κ3) is 6.94. The summed E-state index contributed by atoms with van der Waals surface area (Å²) in [5, 5.41) is 3.47. The van der Waals surface area contributed by atoms with Crippen molar-refractivity contribution in [2.45, 2.75) is 51.0 Å². The molecule has 1 aromatic carbocycles. The Balaban J connectivity index is 1.44. The molecular formula is C22H34N3O3S+. The van der Waals surface area contributed by atoms with Crippen LogP contribution in [0, 0.1) is 0 Å². The van der Waals surface area contributed by atoms with E-state index >= 15 is 0 Å². The van der Waals surface area contributed by atoms with E-state index < -0.39 is 10.0 Å². The number of nitrogens with zero attached hydrogens (tertiary/aromatic N) is 2. The van der Waals surface area contributed by atoms with Crippen LogP contribution < -0.4 is 5.32 Å². The van der Waals surface area contributed by atoms with E-state index in [4.69, 9.17) is 0 Å². The number of carbonyl (C=O) groups excluding carboxylic acids is 1. The molecular weight excluding hydrogens is 386 g/mol. The van der Waals surface area contributed by atoms with Crippen molar-refractivity contribution < 1.29 is 18.5 Å². The number of quaternary nitrogens is 1. The van der Waals surface area contributed by atoms with Crippen molar-refractivity contribution in [1.82, 2.24) is 9.21 Å². The van der Waals surface area contributed by atoms with Gasteiger partial charge in [0.25, 0.3) is 5.91 Å². The number of benzene rings is 1. The Morgan fingerprint density at radius 3 is 2.24 bits per heavy atom. The van der Waals surface area contributed by atoms with Crippen molar-refractivity contribution in [3.63, 3.8) is 0 Å². The minimum Gasteiger partial charge on any atom is -0.336 e. The average molecular weight is 421 g/mol. The summed E-state index contributed by atoms with van der Waals surface area (Å²) in [5.41, 5.74) is 0.856. The van der Waals surface area contributed by atoms with Crippen molar-refractivity contribution in [2.75, 3.05) is 32.7 Å². The van der Waals surface area contributed by atoms with Crippen molar-refractivity contribution >= 4 is 22.0 Å². The maximum atomic E-state index is 12.6. The molecule has 1 aromatic rings. The monoisotopic (exact) mass is 420 g/mol. The summed E-state index contributed by atoms with van der Waals surface area (Å²) in [6.45, 7) is 2.13. The maximum Gasteiger partial charge on any atom is 0.277 e. The van der Waals surface area contributed by atoms with E-state index in [1.54, 1.807) is 6.08 Å². The molecule has 6 nitrogen and oxygen atoms in total. The zero-order valence-electron chi connectivity index (χ0n) is 17.2. The lowest BCUT2D eigenvalue weighted by Gasteiger charge is -2.33. The Hall–Kier alpha value is -1.70. The molecule has 0 unspecified atom stereocenters. The van der Waals surface area contributed by atoms with Gasteiger partial charge in [0.2, 0.25) is 10.0 Å². The number of hydrogen-bond acceptors (Lipinski definition) is 3. The summed E-state index contributed by atoms with van der Waals surface area (Å²) in [5.74, 6) is 0.129. The van der Waals surface area contributed by atoms with Gasteiger partial charge in [0.15, 0.2) is 6.54 Å². The van der Waals surface area contributed by atoms with Crippen molar-refractivity contribution in [1.29, 1.82) is 0 Å². The van der Waals surface area contributed by atoms with E-state index in [1.807, 2.05) is 35.2 Å². The Labute approximate surface area is 175 Å². The number of carbonyl (C=O) groups is 1. The number of piperazine rings is 1. The second-order valence-electron chi connectivity index (χ2n) is 8.08. The second kappa shape index (κ2) is 10.9. The summed E-state index contributed by atoms with van der Waals surface area (Å²) in [7, 11) is -3.46. The highest BCUT2D eigenvalue weighted by Gasteiger charge is 2.28. The van der Waals surface area contributed by atoms with Gasteiger partial charge in [-0.1, -0.05) is 49.6 Å². The van der Waals surface area contributed by atoms with Gasteiger partial charge in [-0.2, -0.15) is 4.31 Å². The normalized spacial score (nSPS) is 20.5. The smallest absolute Gasteiger partial charge is 0.277 e. The van der Waals surface area contributed by atoms with E-state index in [0.717, 1.165) is 5.56 Å². The van der Waals surface area contributed by atoms with Gasteiger partial charge in [0, 0.05) is 31.6 Å². The van der Waals surface area contributed by atoms with E-state index in [-0.39, 0.29) is 5.91 Å². The SMILES string of the molecule is O=C(C[NH2+]C1CCCCCCC1)N1CCN(S(=O)(=O)/C=C/c2ccccc2)CC1. The van der Waals surface area contributed by atoms with Gasteiger partial charge >= 0.3 is 0 Å². The summed E-state index contributed by atoms with van der Waals surface area (Å²) in [6.07, 6.45) is 10.5. The molecule has 0 aromatic heterocycles. The van der Waals surface area contributed by atoms with Crippen LogP contribution in [0.3, 0.4) is 0 Å². The van der Waals surface area contributed by atoms with Crippen LogP contribution in [-0.4, -0.2) is 62.3 Å². The number of hydrogen-bond donors (Lipinski definition) is 1. The fourth-order valence-corrected chi connectivity index (χ4v) is 5.30. The molecule has 0 radical (unpaired) electrons. The number of sulfonamides is 1. The first-order valence-electron chi connectivity index (χ1n) is 10.9. The standard InChI is InChI=1S/C22H33N3O3S/c26-22(19-23-21-11-7-2-1-3-8-12-21)24-14-16-25(17-15-24)29(27,28)18-13-20-9-5-4-6-10-20/h4-6,9-10,13,18,21,23H,1-3,7-8,11-12,14-17,19H2/p+1/b18-13+. The Morgan fingerprint density at radius 1 is 0.966 bits per heavy atom. The second-order valence-corrected chi connectivity index (χ2v) is 9.90. The lowest BCUT2D eigenvalue weighted by Crippen LogP contribution is -2.92. The van der Waals surface area contributed by atoms with Crippen molar-refractivity contribution in [2.24, 2.45) is 0 Å². The summed E-state index contributed by atoms with van der Waals surface area (Å²) < 4.78 is 26.6. The van der Waals surface area contributed by atoms with Gasteiger partial charge in [-0.3, -0.25) is 4.79 Å². The summed E-state index contributed by atoms with van der Waals surface area (Å²) in [4.78, 5) is 14.4. The zero-order chi connectivity index (χ0) is 20.5. The van der Waals surface area contributed by atoms with Crippen LogP contribution in [0.15, 0.2) is 35.7 Å². The molecule has 1 aliphatic carbocycles. The molecule has 2 fully saturated rings. The Morgan fingerprint density at radius 2 is 1.59 bits per heavy atom. The molecule has 2 aliphatic rings. The fraction of sp³-hybridized carbons (Fsp3) is 0.591. The van der Waals surface area contributed by atoms with Gasteiger partial charge in [-0.15, -0.1) is 0 Å². The van der Waals surface area contributed by atoms with Crippen molar-refractivity contribution in [3.05, 3.63) is 41.3 Å². The molecule has 0 spiro atoms. The number of nitrogens with two attached hydrogens (primary N) is 1. The third-order valence-electron chi connectivity index (χ3n) is 5.96. The first kappa shape index (κ1) is 22.0. The highest BCUT2D eigenvalue weighted by Crippen LogP contribution is 2.15.